The lowest BCUT2D eigenvalue weighted by atomic mass is 10.3. The summed E-state index contributed by atoms with van der Waals surface area (Å²) in [6, 6.07) is 1.85. The van der Waals surface area contributed by atoms with Crippen LogP contribution in [0.15, 0.2) is 16.3 Å². The van der Waals surface area contributed by atoms with Crippen molar-refractivity contribution in [1.29, 1.82) is 0 Å². The highest BCUT2D eigenvalue weighted by atomic mass is 32.2. The van der Waals surface area contributed by atoms with Crippen molar-refractivity contribution < 1.29 is 8.42 Å². The van der Waals surface area contributed by atoms with E-state index in [0.29, 0.717) is 11.4 Å². The molecule has 1 aliphatic carbocycles. The van der Waals surface area contributed by atoms with Crippen LogP contribution in [0.2, 0.25) is 0 Å². The number of nitrogens with two attached hydrogens (primary N) is 1. The van der Waals surface area contributed by atoms with Crippen LogP contribution < -0.4 is 5.73 Å². The molecular weight excluding hydrogens is 256 g/mol. The summed E-state index contributed by atoms with van der Waals surface area (Å²) in [6.45, 7) is 0.396. The van der Waals surface area contributed by atoms with Gasteiger partial charge in [0.2, 0.25) is 10.0 Å². The summed E-state index contributed by atoms with van der Waals surface area (Å²) in [4.78, 5) is 1.29. The fourth-order valence-electron chi connectivity index (χ4n) is 2.23. The molecule has 0 aliphatic heterocycles. The van der Waals surface area contributed by atoms with Gasteiger partial charge in [0, 0.05) is 29.9 Å². The third-order valence-electron chi connectivity index (χ3n) is 3.35. The van der Waals surface area contributed by atoms with Gasteiger partial charge in [-0.25, -0.2) is 8.42 Å². The molecule has 1 fully saturated rings. The van der Waals surface area contributed by atoms with E-state index in [4.69, 9.17) is 5.73 Å². The normalized spacial score (nSPS) is 18.1. The molecule has 0 saturated heterocycles. The van der Waals surface area contributed by atoms with Crippen LogP contribution in [-0.2, 0) is 16.6 Å². The fourth-order valence-corrected chi connectivity index (χ4v) is 4.79. The highest BCUT2D eigenvalue weighted by Crippen LogP contribution is 2.28. The molecule has 0 spiro atoms. The van der Waals surface area contributed by atoms with E-state index >= 15 is 0 Å². The van der Waals surface area contributed by atoms with Gasteiger partial charge in [0.1, 0.15) is 0 Å². The second-order valence-electron chi connectivity index (χ2n) is 4.41. The molecule has 0 aromatic carbocycles. The van der Waals surface area contributed by atoms with Gasteiger partial charge >= 0.3 is 0 Å². The van der Waals surface area contributed by atoms with Gasteiger partial charge in [0.25, 0.3) is 0 Å². The van der Waals surface area contributed by atoms with Crippen LogP contribution in [0.4, 0.5) is 0 Å². The zero-order valence-electron chi connectivity index (χ0n) is 9.93. The largest absolute Gasteiger partial charge is 0.326 e. The molecule has 0 amide bonds. The molecular formula is C11H18N2O2S2. The van der Waals surface area contributed by atoms with Crippen LogP contribution in [0, 0.1) is 0 Å². The smallest absolute Gasteiger partial charge is 0.243 e. The van der Waals surface area contributed by atoms with Gasteiger partial charge < -0.3 is 5.73 Å². The van der Waals surface area contributed by atoms with E-state index in [-0.39, 0.29) is 6.04 Å². The fraction of sp³-hybridized carbons (Fsp3) is 0.636. The summed E-state index contributed by atoms with van der Waals surface area (Å²) < 4.78 is 26.2. The number of hydrogen-bond donors (Lipinski definition) is 1. The van der Waals surface area contributed by atoms with E-state index in [9.17, 15) is 8.42 Å². The predicted octanol–water partition coefficient (Wildman–Crippen LogP) is 1.77. The molecule has 1 heterocycles. The molecule has 0 unspecified atom stereocenters. The quantitative estimate of drug-likeness (QED) is 0.910. The average Bonchev–Trinajstić information content (AvgIpc) is 2.98. The standard InChI is InChI=1S/C11H18N2O2S2/c1-13(9-4-2-3-5-9)17(14,15)11-6-10(7-12)16-8-11/h6,8-9H,2-5,7,12H2,1H3. The molecule has 1 aromatic rings. The SMILES string of the molecule is CN(C1CCCC1)S(=O)(=O)c1csc(CN)c1. The topological polar surface area (TPSA) is 63.4 Å². The Labute approximate surface area is 106 Å². The van der Waals surface area contributed by atoms with E-state index < -0.39 is 10.0 Å². The van der Waals surface area contributed by atoms with Crippen molar-refractivity contribution in [2.24, 2.45) is 5.73 Å². The zero-order chi connectivity index (χ0) is 12.5. The zero-order valence-corrected chi connectivity index (χ0v) is 11.6. The first-order valence-corrected chi connectivity index (χ1v) is 8.13. The van der Waals surface area contributed by atoms with Gasteiger partial charge in [0.05, 0.1) is 4.90 Å². The molecule has 1 aromatic heterocycles. The number of thiophene rings is 1. The first-order valence-electron chi connectivity index (χ1n) is 5.81. The lowest BCUT2D eigenvalue weighted by Crippen LogP contribution is -2.34. The first-order chi connectivity index (χ1) is 8.05. The summed E-state index contributed by atoms with van der Waals surface area (Å²) in [5.41, 5.74) is 5.51. The average molecular weight is 274 g/mol. The lowest BCUT2D eigenvalue weighted by Gasteiger charge is -2.22. The maximum absolute atomic E-state index is 12.3. The number of nitrogens with zero attached hydrogens (tertiary/aromatic N) is 1. The maximum atomic E-state index is 12.3. The number of sulfonamides is 1. The minimum absolute atomic E-state index is 0.168. The molecule has 4 nitrogen and oxygen atoms in total. The van der Waals surface area contributed by atoms with Crippen molar-refractivity contribution in [3.63, 3.8) is 0 Å². The summed E-state index contributed by atoms with van der Waals surface area (Å²) in [5.74, 6) is 0. The predicted molar refractivity (Wildman–Crippen MR) is 69.4 cm³/mol. The Balaban J connectivity index is 2.22. The van der Waals surface area contributed by atoms with Crippen LogP contribution in [0.3, 0.4) is 0 Å². The summed E-state index contributed by atoms with van der Waals surface area (Å²) in [6.07, 6.45) is 4.21. The van der Waals surface area contributed by atoms with E-state index in [0.717, 1.165) is 30.6 Å². The molecule has 17 heavy (non-hydrogen) atoms. The van der Waals surface area contributed by atoms with E-state index in [2.05, 4.69) is 0 Å². The molecule has 2 N–H and O–H groups in total. The maximum Gasteiger partial charge on any atom is 0.243 e. The Hall–Kier alpha value is -0.430. The summed E-state index contributed by atoms with van der Waals surface area (Å²) in [5, 5.41) is 1.68. The third kappa shape index (κ3) is 2.54. The molecule has 96 valence electrons. The second-order valence-corrected chi connectivity index (χ2v) is 7.41. The van der Waals surface area contributed by atoms with Crippen LogP contribution in [0.1, 0.15) is 30.6 Å². The highest BCUT2D eigenvalue weighted by Gasteiger charge is 2.30. The van der Waals surface area contributed by atoms with Gasteiger partial charge in [-0.3, -0.25) is 0 Å². The van der Waals surface area contributed by atoms with E-state index in [1.54, 1.807) is 18.5 Å². The van der Waals surface area contributed by atoms with Crippen LogP contribution in [0.25, 0.3) is 0 Å². The van der Waals surface area contributed by atoms with E-state index in [1.165, 1.54) is 15.6 Å². The van der Waals surface area contributed by atoms with Gasteiger partial charge in [-0.05, 0) is 18.9 Å². The minimum atomic E-state index is -3.32. The second kappa shape index (κ2) is 5.06. The Kier molecular flexibility index (Phi) is 3.87. The summed E-state index contributed by atoms with van der Waals surface area (Å²) >= 11 is 1.41. The Bertz CT molecular complexity index is 475. The molecule has 0 radical (unpaired) electrons. The lowest BCUT2D eigenvalue weighted by molar-refractivity contribution is 0.373. The summed E-state index contributed by atoms with van der Waals surface area (Å²) in [7, 11) is -1.64. The molecule has 0 bridgehead atoms. The monoisotopic (exact) mass is 274 g/mol. The van der Waals surface area contributed by atoms with Gasteiger partial charge in [0.15, 0.2) is 0 Å². The van der Waals surface area contributed by atoms with Crippen molar-refractivity contribution in [3.05, 3.63) is 16.3 Å². The molecule has 2 rings (SSSR count). The van der Waals surface area contributed by atoms with Crippen molar-refractivity contribution in [2.45, 2.75) is 43.2 Å². The van der Waals surface area contributed by atoms with Crippen molar-refractivity contribution in [1.82, 2.24) is 4.31 Å². The molecule has 6 heteroatoms. The molecule has 0 atom stereocenters. The van der Waals surface area contributed by atoms with Gasteiger partial charge in [-0.2, -0.15) is 4.31 Å². The van der Waals surface area contributed by atoms with E-state index in [1.807, 2.05) is 0 Å². The third-order valence-corrected chi connectivity index (χ3v) is 6.34. The first kappa shape index (κ1) is 13.0. The van der Waals surface area contributed by atoms with Crippen LogP contribution in [-0.4, -0.2) is 25.8 Å². The number of hydrogen-bond acceptors (Lipinski definition) is 4. The van der Waals surface area contributed by atoms with Crippen molar-refractivity contribution >= 4 is 21.4 Å². The molecule has 1 aliphatic rings. The van der Waals surface area contributed by atoms with Crippen LogP contribution >= 0.6 is 11.3 Å². The van der Waals surface area contributed by atoms with Crippen molar-refractivity contribution in [2.75, 3.05) is 7.05 Å². The molecule has 1 saturated carbocycles. The Morgan fingerprint density at radius 2 is 2.12 bits per heavy atom. The van der Waals surface area contributed by atoms with Gasteiger partial charge in [-0.15, -0.1) is 11.3 Å². The van der Waals surface area contributed by atoms with Crippen molar-refractivity contribution in [3.8, 4) is 0 Å². The van der Waals surface area contributed by atoms with Gasteiger partial charge in [-0.1, -0.05) is 12.8 Å². The van der Waals surface area contributed by atoms with Crippen LogP contribution in [0.5, 0.6) is 0 Å². The highest BCUT2D eigenvalue weighted by molar-refractivity contribution is 7.89. The number of rotatable bonds is 4. The Morgan fingerprint density at radius 3 is 2.65 bits per heavy atom. The Morgan fingerprint density at radius 1 is 1.47 bits per heavy atom. The minimum Gasteiger partial charge on any atom is -0.326 e.